The van der Waals surface area contributed by atoms with Crippen molar-refractivity contribution < 1.29 is 19.2 Å². The summed E-state index contributed by atoms with van der Waals surface area (Å²) in [5, 5.41) is 21.5. The first-order valence-electron chi connectivity index (χ1n) is 14.3. The Morgan fingerprint density at radius 3 is 2.50 bits per heavy atom. The number of cyclic esters (lactones) is 1. The van der Waals surface area contributed by atoms with Gasteiger partial charge in [0, 0.05) is 17.7 Å². The smallest absolute Gasteiger partial charge is 0.341 e. The summed E-state index contributed by atoms with van der Waals surface area (Å²) in [6, 6.07) is 14.6. The van der Waals surface area contributed by atoms with Gasteiger partial charge in [-0.15, -0.1) is 0 Å². The Labute approximate surface area is 243 Å². The maximum absolute atomic E-state index is 12.2. The van der Waals surface area contributed by atoms with Crippen LogP contribution < -0.4 is 10.6 Å². The van der Waals surface area contributed by atoms with Gasteiger partial charge in [-0.05, 0) is 70.4 Å². The van der Waals surface area contributed by atoms with E-state index in [0.717, 1.165) is 50.3 Å². The second kappa shape index (κ2) is 10.2. The van der Waals surface area contributed by atoms with Gasteiger partial charge in [0.15, 0.2) is 5.82 Å². The van der Waals surface area contributed by atoms with Gasteiger partial charge in [-0.3, -0.25) is 0 Å². The molecule has 0 aliphatic carbocycles. The molecule has 7 heterocycles. The van der Waals surface area contributed by atoms with E-state index in [-0.39, 0.29) is 24.0 Å². The zero-order valence-corrected chi connectivity index (χ0v) is 23.6. The lowest BCUT2D eigenvalue weighted by molar-refractivity contribution is 0.00833. The van der Waals surface area contributed by atoms with E-state index in [4.69, 9.17) is 14.2 Å². The van der Waals surface area contributed by atoms with Crippen molar-refractivity contribution >= 4 is 23.3 Å². The van der Waals surface area contributed by atoms with E-state index < -0.39 is 5.60 Å². The number of ether oxygens (including phenoxy) is 1. The first-order chi connectivity index (χ1) is 20.3. The highest BCUT2D eigenvalue weighted by molar-refractivity contribution is 5.94. The molecule has 0 radical (unpaired) electrons. The van der Waals surface area contributed by atoms with Crippen molar-refractivity contribution in [3.63, 3.8) is 0 Å². The average molecular weight is 568 g/mol. The summed E-state index contributed by atoms with van der Waals surface area (Å²) in [6.07, 6.45) is 4.77. The van der Waals surface area contributed by atoms with Crippen molar-refractivity contribution in [1.82, 2.24) is 25.0 Å². The van der Waals surface area contributed by atoms with Gasteiger partial charge in [0.1, 0.15) is 22.9 Å². The summed E-state index contributed by atoms with van der Waals surface area (Å²) in [4.78, 5) is 28.9. The Morgan fingerprint density at radius 2 is 1.76 bits per heavy atom. The van der Waals surface area contributed by atoms with Crippen LogP contribution in [0.1, 0.15) is 66.6 Å². The highest BCUT2D eigenvalue weighted by Gasteiger charge is 2.44. The van der Waals surface area contributed by atoms with Crippen molar-refractivity contribution in [1.29, 1.82) is 0 Å². The molecule has 3 aromatic heterocycles. The molecule has 0 amide bonds. The van der Waals surface area contributed by atoms with Gasteiger partial charge in [0.05, 0.1) is 29.5 Å². The Morgan fingerprint density at radius 1 is 1.00 bits per heavy atom. The summed E-state index contributed by atoms with van der Waals surface area (Å²) in [5.74, 6) is 1.80. The van der Waals surface area contributed by atoms with Gasteiger partial charge in [0.25, 0.3) is 5.89 Å². The van der Waals surface area contributed by atoms with Gasteiger partial charge in [0.2, 0.25) is 0 Å². The molecule has 0 spiro atoms. The zero-order valence-electron chi connectivity index (χ0n) is 23.6. The number of nitrogens with one attached hydrogen (secondary N) is 2. The van der Waals surface area contributed by atoms with Crippen molar-refractivity contribution in [2.24, 2.45) is 0 Å². The number of nitrogens with zero attached hydrogens (tertiary/aromatic N) is 5. The molecule has 0 saturated carbocycles. The van der Waals surface area contributed by atoms with Crippen molar-refractivity contribution in [3.05, 3.63) is 77.4 Å². The van der Waals surface area contributed by atoms with Crippen molar-refractivity contribution in [3.8, 4) is 11.5 Å². The summed E-state index contributed by atoms with van der Waals surface area (Å²) >= 11 is 0. The summed E-state index contributed by atoms with van der Waals surface area (Å²) in [7, 11) is 0. The van der Waals surface area contributed by atoms with Crippen LogP contribution in [-0.4, -0.2) is 62.3 Å². The van der Waals surface area contributed by atoms with Crippen LogP contribution in [0.15, 0.2) is 59.3 Å². The highest BCUT2D eigenvalue weighted by atomic mass is 16.6. The van der Waals surface area contributed by atoms with Gasteiger partial charge < -0.3 is 29.9 Å². The van der Waals surface area contributed by atoms with E-state index in [0.29, 0.717) is 40.0 Å². The van der Waals surface area contributed by atoms with Crippen LogP contribution in [0.2, 0.25) is 0 Å². The highest BCUT2D eigenvalue weighted by Crippen LogP contribution is 2.43. The van der Waals surface area contributed by atoms with Crippen molar-refractivity contribution in [2.75, 3.05) is 36.9 Å². The Balaban J connectivity index is 1.23. The third-order valence-electron chi connectivity index (χ3n) is 8.76. The topological polar surface area (TPSA) is 139 Å². The fourth-order valence-electron chi connectivity index (χ4n) is 6.25. The fraction of sp³-hybridized carbons (Fsp3) is 0.387. The first-order valence-corrected chi connectivity index (χ1v) is 14.3. The maximum Gasteiger partial charge on any atom is 0.341 e. The van der Waals surface area contributed by atoms with Crippen LogP contribution in [0.5, 0.6) is 0 Å². The minimum absolute atomic E-state index is 0.0468. The Kier molecular flexibility index (Phi) is 6.43. The third-order valence-corrected chi connectivity index (χ3v) is 8.76. The van der Waals surface area contributed by atoms with Crippen LogP contribution in [-0.2, 0) is 15.8 Å². The minimum Gasteiger partial charge on any atom is -0.449 e. The normalized spacial score (nSPS) is 22.8. The van der Waals surface area contributed by atoms with Crippen LogP contribution in [0.3, 0.4) is 0 Å². The number of benzene rings is 1. The number of piperidine rings is 3. The number of pyridine rings is 2. The lowest BCUT2D eigenvalue weighted by atomic mass is 9.71. The van der Waals surface area contributed by atoms with E-state index in [1.54, 1.807) is 18.3 Å². The number of esters is 1. The molecule has 3 fully saturated rings. The fourth-order valence-corrected chi connectivity index (χ4v) is 6.25. The van der Waals surface area contributed by atoms with E-state index in [1.165, 1.54) is 0 Å². The lowest BCUT2D eigenvalue weighted by Crippen LogP contribution is -2.51. The number of hydrogen-bond donors (Lipinski definition) is 3. The predicted molar refractivity (Wildman–Crippen MR) is 155 cm³/mol. The SMILES string of the molecule is CC1(C)OC(=O)c2ccc(Nc3cc(N[C@H](CO)c4ccccc4)c(-c4nc(C56CCN(CC5)CC6)no4)cn3)nc21. The molecule has 3 saturated heterocycles. The van der Waals surface area contributed by atoms with E-state index in [1.807, 2.05) is 50.2 Å². The second-order valence-corrected chi connectivity index (χ2v) is 11.8. The molecular formula is C31H33N7O4. The molecule has 216 valence electrons. The molecule has 0 unspecified atom stereocenters. The number of anilines is 3. The van der Waals surface area contributed by atoms with Crippen LogP contribution in [0.25, 0.3) is 11.5 Å². The molecule has 1 atom stereocenters. The number of rotatable bonds is 8. The summed E-state index contributed by atoms with van der Waals surface area (Å²) < 4.78 is 11.3. The van der Waals surface area contributed by atoms with Gasteiger partial charge in [-0.25, -0.2) is 14.8 Å². The number of aliphatic hydroxyl groups excluding tert-OH is 1. The summed E-state index contributed by atoms with van der Waals surface area (Å²) in [6.45, 7) is 6.68. The first kappa shape index (κ1) is 26.5. The Bertz CT molecular complexity index is 1620. The second-order valence-electron chi connectivity index (χ2n) is 11.8. The quantitative estimate of drug-likeness (QED) is 0.258. The number of carbonyl (C=O) groups is 1. The number of aliphatic hydroxyl groups is 1. The molecule has 11 heteroatoms. The number of aromatic nitrogens is 4. The standard InChI is InChI=1S/C31H33N7O4/c1-30(2)26-20(28(40)41-30)8-9-24(35-26)34-25-16-22(33-23(18-39)19-6-4-3-5-7-19)21(17-32-25)27-36-29(37-42-27)31-10-13-38(14-11-31)15-12-31/h3-9,16-17,23,39H,10-15,18H2,1-2H3,(H2,32,33,34,35)/t23-/m1/s1. The minimum atomic E-state index is -0.817. The number of carbonyl (C=O) groups excluding carboxylic acids is 1. The monoisotopic (exact) mass is 567 g/mol. The van der Waals surface area contributed by atoms with E-state index in [2.05, 4.69) is 30.7 Å². The number of fused-ring (bicyclic) bond motifs is 4. The van der Waals surface area contributed by atoms with Crippen LogP contribution in [0, 0.1) is 0 Å². The maximum atomic E-state index is 12.2. The molecule has 4 aromatic rings. The zero-order chi connectivity index (χ0) is 28.9. The molecule has 8 rings (SSSR count). The lowest BCUT2D eigenvalue weighted by Gasteiger charge is -2.46. The molecule has 4 aliphatic rings. The molecule has 1 aromatic carbocycles. The van der Waals surface area contributed by atoms with Gasteiger partial charge in [-0.1, -0.05) is 35.5 Å². The van der Waals surface area contributed by atoms with Crippen LogP contribution >= 0.6 is 0 Å². The summed E-state index contributed by atoms with van der Waals surface area (Å²) in [5.41, 5.74) is 2.41. The molecule has 2 bridgehead atoms. The molecule has 42 heavy (non-hydrogen) atoms. The molecule has 11 nitrogen and oxygen atoms in total. The third kappa shape index (κ3) is 4.68. The van der Waals surface area contributed by atoms with Gasteiger partial charge in [-0.2, -0.15) is 4.98 Å². The average Bonchev–Trinajstić information content (AvgIpc) is 3.60. The predicted octanol–water partition coefficient (Wildman–Crippen LogP) is 4.56. The van der Waals surface area contributed by atoms with Crippen LogP contribution in [0.4, 0.5) is 17.3 Å². The van der Waals surface area contributed by atoms with Gasteiger partial charge >= 0.3 is 5.97 Å². The van der Waals surface area contributed by atoms with E-state index >= 15 is 0 Å². The molecular weight excluding hydrogens is 534 g/mol. The van der Waals surface area contributed by atoms with E-state index in [9.17, 15) is 9.90 Å². The van der Waals surface area contributed by atoms with Crippen molar-refractivity contribution in [2.45, 2.75) is 50.2 Å². The molecule has 4 aliphatic heterocycles. The number of hydrogen-bond acceptors (Lipinski definition) is 11. The molecule has 3 N–H and O–H groups in total. The Hall–Kier alpha value is -4.35. The largest absolute Gasteiger partial charge is 0.449 e.